The summed E-state index contributed by atoms with van der Waals surface area (Å²) >= 11 is 0. The van der Waals surface area contributed by atoms with Crippen molar-refractivity contribution >= 4 is 23.3 Å². The first-order valence-corrected chi connectivity index (χ1v) is 7.00. The average Bonchev–Trinajstić information content (AvgIpc) is 3.11. The second-order valence-corrected chi connectivity index (χ2v) is 5.24. The van der Waals surface area contributed by atoms with Crippen LogP contribution in [-0.2, 0) is 14.4 Å². The van der Waals surface area contributed by atoms with Gasteiger partial charge in [0.25, 0.3) is 0 Å². The van der Waals surface area contributed by atoms with Crippen LogP contribution in [-0.4, -0.2) is 47.2 Å². The van der Waals surface area contributed by atoms with Crippen LogP contribution < -0.4 is 0 Å². The summed E-state index contributed by atoms with van der Waals surface area (Å²) in [5, 5.41) is 0. The third kappa shape index (κ3) is 2.72. The van der Waals surface area contributed by atoms with E-state index in [0.717, 1.165) is 16.0 Å². The minimum Gasteiger partial charge on any atom is -0.333 e. The molecule has 5 nitrogen and oxygen atoms in total. The number of nitrogens with zero attached hydrogens (tertiary/aromatic N) is 2. The SMILES string of the molecule is O=C(CN1C(=O)CCC1=O)N1CC=C(c2ccccc2)C1. The maximum absolute atomic E-state index is 12.2. The predicted octanol–water partition coefficient (Wildman–Crippen LogP) is 1.06. The van der Waals surface area contributed by atoms with E-state index in [1.807, 2.05) is 36.4 Å². The van der Waals surface area contributed by atoms with Crippen molar-refractivity contribution < 1.29 is 14.4 Å². The summed E-state index contributed by atoms with van der Waals surface area (Å²) in [6, 6.07) is 9.89. The number of imide groups is 1. The minimum atomic E-state index is -0.246. The van der Waals surface area contributed by atoms with Crippen LogP contribution in [0.3, 0.4) is 0 Å². The van der Waals surface area contributed by atoms with Crippen molar-refractivity contribution in [3.05, 3.63) is 42.0 Å². The Morgan fingerprint density at radius 3 is 2.38 bits per heavy atom. The van der Waals surface area contributed by atoms with Crippen LogP contribution in [0.1, 0.15) is 18.4 Å². The summed E-state index contributed by atoms with van der Waals surface area (Å²) in [4.78, 5) is 38.0. The van der Waals surface area contributed by atoms with Gasteiger partial charge in [-0.05, 0) is 11.1 Å². The van der Waals surface area contributed by atoms with Crippen LogP contribution in [0.4, 0.5) is 0 Å². The predicted molar refractivity (Wildman–Crippen MR) is 77.0 cm³/mol. The van der Waals surface area contributed by atoms with Gasteiger partial charge < -0.3 is 4.90 Å². The zero-order valence-corrected chi connectivity index (χ0v) is 11.6. The van der Waals surface area contributed by atoms with E-state index in [4.69, 9.17) is 0 Å². The smallest absolute Gasteiger partial charge is 0.243 e. The molecule has 0 aromatic heterocycles. The van der Waals surface area contributed by atoms with Crippen molar-refractivity contribution in [3.63, 3.8) is 0 Å². The summed E-state index contributed by atoms with van der Waals surface area (Å²) in [5.41, 5.74) is 2.20. The molecule has 0 aliphatic carbocycles. The van der Waals surface area contributed by atoms with Gasteiger partial charge in [-0.25, -0.2) is 0 Å². The summed E-state index contributed by atoms with van der Waals surface area (Å²) in [5.74, 6) is -0.673. The third-order valence-electron chi connectivity index (χ3n) is 3.86. The summed E-state index contributed by atoms with van der Waals surface area (Å²) in [6.07, 6.45) is 2.46. The molecule has 2 heterocycles. The summed E-state index contributed by atoms with van der Waals surface area (Å²) in [6.45, 7) is 0.923. The normalized spacial score (nSPS) is 18.4. The van der Waals surface area contributed by atoms with Gasteiger partial charge in [0, 0.05) is 25.9 Å². The maximum Gasteiger partial charge on any atom is 0.243 e. The highest BCUT2D eigenvalue weighted by molar-refractivity contribution is 6.04. The van der Waals surface area contributed by atoms with E-state index in [-0.39, 0.29) is 37.1 Å². The molecule has 1 aromatic rings. The van der Waals surface area contributed by atoms with E-state index >= 15 is 0 Å². The fraction of sp³-hybridized carbons (Fsp3) is 0.312. The third-order valence-corrected chi connectivity index (χ3v) is 3.86. The van der Waals surface area contributed by atoms with Crippen molar-refractivity contribution in [2.75, 3.05) is 19.6 Å². The highest BCUT2D eigenvalue weighted by atomic mass is 16.2. The average molecular weight is 284 g/mol. The van der Waals surface area contributed by atoms with Gasteiger partial charge in [-0.1, -0.05) is 36.4 Å². The molecule has 1 aromatic carbocycles. The molecule has 0 unspecified atom stereocenters. The van der Waals surface area contributed by atoms with Gasteiger partial charge in [0.2, 0.25) is 17.7 Å². The molecule has 2 aliphatic heterocycles. The molecule has 5 heteroatoms. The Balaban J connectivity index is 1.61. The van der Waals surface area contributed by atoms with E-state index < -0.39 is 0 Å². The van der Waals surface area contributed by atoms with Gasteiger partial charge in [-0.3, -0.25) is 19.3 Å². The molecule has 0 N–H and O–H groups in total. The molecule has 0 spiro atoms. The second kappa shape index (κ2) is 5.52. The number of likely N-dealkylation sites (tertiary alicyclic amines) is 1. The maximum atomic E-state index is 12.2. The number of carbonyl (C=O) groups is 3. The van der Waals surface area contributed by atoms with Gasteiger partial charge in [0.15, 0.2) is 0 Å². The molecule has 0 bridgehead atoms. The Bertz CT molecular complexity index is 606. The molecular formula is C16H16N2O3. The Labute approximate surface area is 122 Å². The standard InChI is InChI=1S/C16H16N2O3/c19-14-6-7-15(20)18(14)11-16(21)17-9-8-13(10-17)12-4-2-1-3-5-12/h1-5,8H,6-7,9-11H2. The number of hydrogen-bond acceptors (Lipinski definition) is 3. The Kier molecular flexibility index (Phi) is 3.56. The van der Waals surface area contributed by atoms with E-state index in [2.05, 4.69) is 0 Å². The van der Waals surface area contributed by atoms with Gasteiger partial charge >= 0.3 is 0 Å². The lowest BCUT2D eigenvalue weighted by Crippen LogP contribution is -2.41. The molecule has 2 aliphatic rings. The largest absolute Gasteiger partial charge is 0.333 e. The quantitative estimate of drug-likeness (QED) is 0.780. The molecule has 1 saturated heterocycles. The van der Waals surface area contributed by atoms with Crippen LogP contribution in [0.15, 0.2) is 36.4 Å². The van der Waals surface area contributed by atoms with E-state index in [9.17, 15) is 14.4 Å². The van der Waals surface area contributed by atoms with Crippen molar-refractivity contribution in [1.29, 1.82) is 0 Å². The number of benzene rings is 1. The zero-order valence-electron chi connectivity index (χ0n) is 11.6. The fourth-order valence-corrected chi connectivity index (χ4v) is 2.64. The van der Waals surface area contributed by atoms with Gasteiger partial charge in [-0.15, -0.1) is 0 Å². The van der Waals surface area contributed by atoms with E-state index in [0.29, 0.717) is 13.1 Å². The van der Waals surface area contributed by atoms with Gasteiger partial charge in [0.05, 0.1) is 0 Å². The van der Waals surface area contributed by atoms with Crippen LogP contribution in [0.25, 0.3) is 5.57 Å². The van der Waals surface area contributed by atoms with Crippen LogP contribution in [0.5, 0.6) is 0 Å². The lowest BCUT2D eigenvalue weighted by Gasteiger charge is -2.20. The van der Waals surface area contributed by atoms with Crippen molar-refractivity contribution in [2.45, 2.75) is 12.8 Å². The van der Waals surface area contributed by atoms with Crippen LogP contribution in [0.2, 0.25) is 0 Å². The molecule has 3 rings (SSSR count). The van der Waals surface area contributed by atoms with Gasteiger partial charge in [-0.2, -0.15) is 0 Å². The number of amides is 3. The molecule has 21 heavy (non-hydrogen) atoms. The highest BCUT2D eigenvalue weighted by Crippen LogP contribution is 2.21. The van der Waals surface area contributed by atoms with Crippen molar-refractivity contribution in [3.8, 4) is 0 Å². The summed E-state index contributed by atoms with van der Waals surface area (Å²) in [7, 11) is 0. The lowest BCUT2D eigenvalue weighted by molar-refractivity contribution is -0.144. The summed E-state index contributed by atoms with van der Waals surface area (Å²) < 4.78 is 0. The van der Waals surface area contributed by atoms with Crippen LogP contribution in [0, 0.1) is 0 Å². The molecule has 3 amide bonds. The Morgan fingerprint density at radius 2 is 1.71 bits per heavy atom. The monoisotopic (exact) mass is 284 g/mol. The first-order chi connectivity index (χ1) is 10.1. The first-order valence-electron chi connectivity index (χ1n) is 7.00. The van der Waals surface area contributed by atoms with E-state index in [1.165, 1.54) is 0 Å². The minimum absolute atomic E-state index is 0.131. The molecule has 0 saturated carbocycles. The zero-order chi connectivity index (χ0) is 14.8. The Hall–Kier alpha value is -2.43. The molecule has 1 fully saturated rings. The molecule has 108 valence electrons. The number of rotatable bonds is 3. The van der Waals surface area contributed by atoms with Crippen molar-refractivity contribution in [1.82, 2.24) is 9.80 Å². The molecule has 0 atom stereocenters. The highest BCUT2D eigenvalue weighted by Gasteiger charge is 2.32. The van der Waals surface area contributed by atoms with Crippen molar-refractivity contribution in [2.24, 2.45) is 0 Å². The second-order valence-electron chi connectivity index (χ2n) is 5.24. The number of carbonyl (C=O) groups excluding carboxylic acids is 3. The van der Waals surface area contributed by atoms with E-state index in [1.54, 1.807) is 4.90 Å². The molecular weight excluding hydrogens is 268 g/mol. The van der Waals surface area contributed by atoms with Gasteiger partial charge in [0.1, 0.15) is 6.54 Å². The Morgan fingerprint density at radius 1 is 1.05 bits per heavy atom. The lowest BCUT2D eigenvalue weighted by atomic mass is 10.1. The first kappa shape index (κ1) is 13.5. The number of hydrogen-bond donors (Lipinski definition) is 0. The fourth-order valence-electron chi connectivity index (χ4n) is 2.64. The molecule has 0 radical (unpaired) electrons. The topological polar surface area (TPSA) is 57.7 Å². The van der Waals surface area contributed by atoms with Crippen LogP contribution >= 0.6 is 0 Å².